The summed E-state index contributed by atoms with van der Waals surface area (Å²) in [5.41, 5.74) is 1.40. The van der Waals surface area contributed by atoms with Gasteiger partial charge < -0.3 is 18.9 Å². The Kier molecular flexibility index (Phi) is 11.1. The summed E-state index contributed by atoms with van der Waals surface area (Å²) in [6.07, 6.45) is 7.69. The fraction of sp³-hybridized carbons (Fsp3) is 0.636. The van der Waals surface area contributed by atoms with Crippen molar-refractivity contribution in [2.24, 2.45) is 0 Å². The third-order valence-corrected chi connectivity index (χ3v) is 4.66. The van der Waals surface area contributed by atoms with Crippen LogP contribution in [0.3, 0.4) is 0 Å². The molecular weight excluding hydrogens is 360 g/mol. The van der Waals surface area contributed by atoms with Gasteiger partial charge in [-0.3, -0.25) is 9.59 Å². The molecule has 0 heterocycles. The minimum atomic E-state index is -0.217. The molecule has 1 rings (SSSR count). The van der Waals surface area contributed by atoms with Gasteiger partial charge in [-0.2, -0.15) is 0 Å². The number of aryl methyl sites for hydroxylation is 1. The minimum absolute atomic E-state index is 0.0664. The van der Waals surface area contributed by atoms with Gasteiger partial charge in [-0.15, -0.1) is 0 Å². The average molecular weight is 395 g/mol. The third-order valence-electron chi connectivity index (χ3n) is 4.66. The van der Waals surface area contributed by atoms with Crippen LogP contribution < -0.4 is 14.2 Å². The first-order chi connectivity index (χ1) is 13.5. The lowest BCUT2D eigenvalue weighted by Gasteiger charge is -2.17. The van der Waals surface area contributed by atoms with Crippen molar-refractivity contribution in [1.82, 2.24) is 0 Å². The molecule has 0 aliphatic rings. The maximum absolute atomic E-state index is 12.8. The van der Waals surface area contributed by atoms with Crippen molar-refractivity contribution >= 4 is 11.8 Å². The maximum atomic E-state index is 12.8. The highest BCUT2D eigenvalue weighted by atomic mass is 16.5. The van der Waals surface area contributed by atoms with Crippen molar-refractivity contribution in [3.8, 4) is 17.2 Å². The number of unbranched alkanes of at least 4 members (excludes halogenated alkanes) is 6. The quantitative estimate of drug-likeness (QED) is 0.254. The number of ether oxygens (including phenoxy) is 4. The summed E-state index contributed by atoms with van der Waals surface area (Å²) in [5, 5.41) is 0. The van der Waals surface area contributed by atoms with Gasteiger partial charge >= 0.3 is 5.97 Å². The van der Waals surface area contributed by atoms with Crippen LogP contribution in [-0.4, -0.2) is 39.7 Å². The molecule has 0 aromatic heterocycles. The molecular formula is C22H34O6. The van der Waals surface area contributed by atoms with E-state index in [1.807, 2.05) is 13.0 Å². The Morgan fingerprint density at radius 1 is 0.821 bits per heavy atom. The summed E-state index contributed by atoms with van der Waals surface area (Å²) < 4.78 is 21.1. The fourth-order valence-corrected chi connectivity index (χ4v) is 3.24. The second kappa shape index (κ2) is 13.0. The van der Waals surface area contributed by atoms with E-state index >= 15 is 0 Å². The summed E-state index contributed by atoms with van der Waals surface area (Å²) in [6, 6.07) is 1.81. The number of esters is 1. The zero-order valence-corrected chi connectivity index (χ0v) is 17.9. The number of carbonyl (C=O) groups excluding carboxylic acids is 2. The topological polar surface area (TPSA) is 71.1 Å². The van der Waals surface area contributed by atoms with Crippen LogP contribution in [0.25, 0.3) is 0 Å². The number of hydrogen-bond donors (Lipinski definition) is 0. The average Bonchev–Trinajstić information content (AvgIpc) is 2.67. The monoisotopic (exact) mass is 394 g/mol. The summed E-state index contributed by atoms with van der Waals surface area (Å²) in [6.45, 7) is 3.82. The van der Waals surface area contributed by atoms with E-state index in [0.717, 1.165) is 50.5 Å². The number of carbonyl (C=O) groups is 2. The zero-order valence-electron chi connectivity index (χ0n) is 17.9. The van der Waals surface area contributed by atoms with Crippen LogP contribution in [-0.2, 0) is 9.53 Å². The predicted molar refractivity (Wildman–Crippen MR) is 109 cm³/mol. The lowest BCUT2D eigenvalue weighted by atomic mass is 9.97. The lowest BCUT2D eigenvalue weighted by Crippen LogP contribution is -2.07. The fourth-order valence-electron chi connectivity index (χ4n) is 3.24. The Labute approximate surface area is 168 Å². The Hall–Kier alpha value is -2.24. The second-order valence-electron chi connectivity index (χ2n) is 6.83. The molecule has 0 aliphatic heterocycles. The molecule has 0 atom stereocenters. The Balaban J connectivity index is 2.43. The van der Waals surface area contributed by atoms with Crippen LogP contribution in [0.4, 0.5) is 0 Å². The van der Waals surface area contributed by atoms with E-state index in [4.69, 9.17) is 18.9 Å². The largest absolute Gasteiger partial charge is 0.493 e. The van der Waals surface area contributed by atoms with Crippen LogP contribution >= 0.6 is 0 Å². The molecule has 6 heteroatoms. The normalized spacial score (nSPS) is 10.5. The summed E-state index contributed by atoms with van der Waals surface area (Å²) >= 11 is 0. The third kappa shape index (κ3) is 7.41. The summed E-state index contributed by atoms with van der Waals surface area (Å²) in [4.78, 5) is 23.4. The standard InChI is InChI=1S/C22H34O6/c1-16-15-19(25-3)21(26-4)22(27-5)20(16)18(24)13-11-9-7-6-8-10-12-14-28-17(2)23/h15H,6-14H2,1-5H3. The number of ketones is 1. The van der Waals surface area contributed by atoms with E-state index in [9.17, 15) is 9.59 Å². The molecule has 6 nitrogen and oxygen atoms in total. The van der Waals surface area contributed by atoms with E-state index < -0.39 is 0 Å². The molecule has 0 spiro atoms. The number of benzene rings is 1. The molecule has 0 aliphatic carbocycles. The van der Waals surface area contributed by atoms with Gasteiger partial charge in [0.25, 0.3) is 0 Å². The van der Waals surface area contributed by atoms with Gasteiger partial charge in [-0.05, 0) is 31.4 Å². The smallest absolute Gasteiger partial charge is 0.302 e. The van der Waals surface area contributed by atoms with Crippen molar-refractivity contribution in [3.05, 3.63) is 17.2 Å². The van der Waals surface area contributed by atoms with E-state index in [1.165, 1.54) is 21.1 Å². The van der Waals surface area contributed by atoms with Gasteiger partial charge in [0, 0.05) is 13.3 Å². The molecule has 0 saturated heterocycles. The molecule has 0 fully saturated rings. The molecule has 0 unspecified atom stereocenters. The van der Waals surface area contributed by atoms with Crippen molar-refractivity contribution in [2.45, 2.75) is 65.2 Å². The molecule has 0 bridgehead atoms. The Morgan fingerprint density at radius 3 is 1.93 bits per heavy atom. The predicted octanol–water partition coefficient (Wildman–Crippen LogP) is 4.89. The minimum Gasteiger partial charge on any atom is -0.493 e. The lowest BCUT2D eigenvalue weighted by molar-refractivity contribution is -0.141. The van der Waals surface area contributed by atoms with Crippen LogP contribution in [0.5, 0.6) is 17.2 Å². The van der Waals surface area contributed by atoms with Gasteiger partial charge in [-0.25, -0.2) is 0 Å². The van der Waals surface area contributed by atoms with Gasteiger partial charge in [0.2, 0.25) is 5.75 Å². The van der Waals surface area contributed by atoms with Gasteiger partial charge in [0.05, 0.1) is 33.5 Å². The van der Waals surface area contributed by atoms with Crippen LogP contribution in [0.2, 0.25) is 0 Å². The summed E-state index contributed by atoms with van der Waals surface area (Å²) in [5.74, 6) is 1.30. The second-order valence-corrected chi connectivity index (χ2v) is 6.83. The molecule has 0 saturated carbocycles. The van der Waals surface area contributed by atoms with E-state index in [-0.39, 0.29) is 11.8 Å². The van der Waals surface area contributed by atoms with Crippen molar-refractivity contribution < 1.29 is 28.5 Å². The molecule has 1 aromatic rings. The zero-order chi connectivity index (χ0) is 20.9. The van der Waals surface area contributed by atoms with E-state index in [0.29, 0.717) is 35.8 Å². The number of rotatable bonds is 14. The molecule has 28 heavy (non-hydrogen) atoms. The highest BCUT2D eigenvalue weighted by Gasteiger charge is 2.23. The van der Waals surface area contributed by atoms with E-state index in [1.54, 1.807) is 7.11 Å². The highest BCUT2D eigenvalue weighted by molar-refractivity contribution is 6.01. The van der Waals surface area contributed by atoms with E-state index in [2.05, 4.69) is 0 Å². The highest BCUT2D eigenvalue weighted by Crippen LogP contribution is 2.42. The first-order valence-electron chi connectivity index (χ1n) is 9.92. The van der Waals surface area contributed by atoms with Gasteiger partial charge in [0.15, 0.2) is 17.3 Å². The van der Waals surface area contributed by atoms with Gasteiger partial charge in [0.1, 0.15) is 0 Å². The SMILES string of the molecule is COc1cc(C)c(C(=O)CCCCCCCCCOC(C)=O)c(OC)c1OC. The molecule has 0 N–H and O–H groups in total. The summed E-state index contributed by atoms with van der Waals surface area (Å²) in [7, 11) is 4.64. The first kappa shape index (κ1) is 23.8. The van der Waals surface area contributed by atoms with Crippen molar-refractivity contribution in [3.63, 3.8) is 0 Å². The number of hydrogen-bond acceptors (Lipinski definition) is 6. The molecule has 1 aromatic carbocycles. The maximum Gasteiger partial charge on any atom is 0.302 e. The number of Topliss-reactive ketones (excluding diaryl/α,β-unsaturated/α-hetero) is 1. The van der Waals surface area contributed by atoms with Crippen LogP contribution in [0.1, 0.15) is 74.2 Å². The van der Waals surface area contributed by atoms with Gasteiger partial charge in [-0.1, -0.05) is 32.1 Å². The molecule has 0 radical (unpaired) electrons. The Morgan fingerprint density at radius 2 is 1.39 bits per heavy atom. The number of methoxy groups -OCH3 is 3. The van der Waals surface area contributed by atoms with Crippen LogP contribution in [0.15, 0.2) is 6.07 Å². The molecule has 0 amide bonds. The molecule has 158 valence electrons. The van der Waals surface area contributed by atoms with Crippen molar-refractivity contribution in [2.75, 3.05) is 27.9 Å². The van der Waals surface area contributed by atoms with Crippen LogP contribution in [0, 0.1) is 6.92 Å². The first-order valence-corrected chi connectivity index (χ1v) is 9.92. The van der Waals surface area contributed by atoms with Crippen molar-refractivity contribution in [1.29, 1.82) is 0 Å². The Bertz CT molecular complexity index is 638.